The number of hydrogen-bond acceptors (Lipinski definition) is 4. The summed E-state index contributed by atoms with van der Waals surface area (Å²) in [7, 11) is 0. The van der Waals surface area contributed by atoms with Gasteiger partial charge < -0.3 is 9.73 Å². The predicted octanol–water partition coefficient (Wildman–Crippen LogP) is 3.82. The predicted molar refractivity (Wildman–Crippen MR) is 87.1 cm³/mol. The first-order valence-electron chi connectivity index (χ1n) is 6.84. The number of fused-ring (bicyclic) bond motifs is 1. The lowest BCUT2D eigenvalue weighted by atomic mass is 9.93. The van der Waals surface area contributed by atoms with Gasteiger partial charge in [-0.15, -0.1) is 11.3 Å². The van der Waals surface area contributed by atoms with Crippen molar-refractivity contribution in [3.63, 3.8) is 0 Å². The fraction of sp³-hybridized carbons (Fsp3) is 0.200. The van der Waals surface area contributed by atoms with Crippen LogP contribution >= 0.6 is 27.3 Å². The number of furan rings is 1. The van der Waals surface area contributed by atoms with Gasteiger partial charge in [0.1, 0.15) is 18.1 Å². The summed E-state index contributed by atoms with van der Waals surface area (Å²) in [6, 6.07) is 7.81. The van der Waals surface area contributed by atoms with Crippen LogP contribution in [-0.4, -0.2) is 15.7 Å². The third kappa shape index (κ3) is 2.40. The number of amides is 1. The Kier molecular flexibility index (Phi) is 3.38. The van der Waals surface area contributed by atoms with Gasteiger partial charge >= 0.3 is 0 Å². The largest absolute Gasteiger partial charge is 0.467 e. The summed E-state index contributed by atoms with van der Waals surface area (Å²) >= 11 is 5.14. The van der Waals surface area contributed by atoms with E-state index in [2.05, 4.69) is 32.4 Å². The van der Waals surface area contributed by atoms with Crippen LogP contribution in [0, 0.1) is 0 Å². The second kappa shape index (κ2) is 5.40. The zero-order valence-electron chi connectivity index (χ0n) is 11.5. The Labute approximate surface area is 139 Å². The van der Waals surface area contributed by atoms with E-state index in [1.54, 1.807) is 22.3 Å². The lowest BCUT2D eigenvalue weighted by Gasteiger charge is -2.22. The molecule has 4 heterocycles. The van der Waals surface area contributed by atoms with Crippen LogP contribution in [-0.2, 0) is 11.3 Å². The summed E-state index contributed by atoms with van der Waals surface area (Å²) in [5.74, 6) is 1.65. The fourth-order valence-corrected chi connectivity index (χ4v) is 4.25. The van der Waals surface area contributed by atoms with E-state index in [9.17, 15) is 4.79 Å². The molecule has 0 aliphatic carbocycles. The highest BCUT2D eigenvalue weighted by Gasteiger charge is 2.30. The standard InChI is InChI=1S/C15H12BrN3O2S/c16-13-4-3-12(22-13)10-6-14(20)18-15-11(10)7-17-19(15)8-9-2-1-5-21-9/h1-5,7,10H,6,8H2,(H,18,20)/t10-/m0/s1. The van der Waals surface area contributed by atoms with Crippen LogP contribution in [0.2, 0.25) is 0 Å². The van der Waals surface area contributed by atoms with Crippen molar-refractivity contribution in [1.29, 1.82) is 0 Å². The number of halogens is 1. The number of nitrogens with zero attached hydrogens (tertiary/aromatic N) is 2. The molecule has 0 radical (unpaired) electrons. The molecule has 112 valence electrons. The van der Waals surface area contributed by atoms with Crippen LogP contribution in [0.5, 0.6) is 0 Å². The molecule has 0 spiro atoms. The van der Waals surface area contributed by atoms with Gasteiger partial charge in [-0.1, -0.05) is 0 Å². The van der Waals surface area contributed by atoms with Crippen LogP contribution in [0.25, 0.3) is 0 Å². The first-order chi connectivity index (χ1) is 10.7. The van der Waals surface area contributed by atoms with E-state index in [4.69, 9.17) is 4.42 Å². The lowest BCUT2D eigenvalue weighted by Crippen LogP contribution is -2.24. The minimum Gasteiger partial charge on any atom is -0.467 e. The maximum Gasteiger partial charge on any atom is 0.226 e. The molecule has 3 aromatic heterocycles. The molecule has 3 aromatic rings. The van der Waals surface area contributed by atoms with Gasteiger partial charge in [0.25, 0.3) is 0 Å². The number of anilines is 1. The zero-order chi connectivity index (χ0) is 15.1. The average Bonchev–Trinajstić information content (AvgIpc) is 3.21. The zero-order valence-corrected chi connectivity index (χ0v) is 13.9. The van der Waals surface area contributed by atoms with E-state index in [-0.39, 0.29) is 11.8 Å². The molecule has 0 unspecified atom stereocenters. The Hall–Kier alpha value is -1.86. The molecule has 7 heteroatoms. The topological polar surface area (TPSA) is 60.1 Å². The first kappa shape index (κ1) is 13.8. The summed E-state index contributed by atoms with van der Waals surface area (Å²) in [5.41, 5.74) is 1.06. The average molecular weight is 378 g/mol. The third-order valence-corrected chi connectivity index (χ3v) is 5.45. The smallest absolute Gasteiger partial charge is 0.226 e. The molecule has 1 atom stereocenters. The molecule has 0 bridgehead atoms. The molecule has 1 aliphatic heterocycles. The van der Waals surface area contributed by atoms with Crippen molar-refractivity contribution in [2.24, 2.45) is 0 Å². The monoisotopic (exact) mass is 377 g/mol. The van der Waals surface area contributed by atoms with Gasteiger partial charge in [0.15, 0.2) is 0 Å². The Morgan fingerprint density at radius 1 is 1.45 bits per heavy atom. The highest BCUT2D eigenvalue weighted by atomic mass is 79.9. The Morgan fingerprint density at radius 3 is 3.09 bits per heavy atom. The van der Waals surface area contributed by atoms with Gasteiger partial charge in [0, 0.05) is 22.8 Å². The SMILES string of the molecule is O=C1C[C@H](c2ccc(Br)s2)c2cnn(Cc3ccco3)c2N1. The number of aromatic nitrogens is 2. The van der Waals surface area contributed by atoms with Gasteiger partial charge in [-0.25, -0.2) is 4.68 Å². The van der Waals surface area contributed by atoms with Gasteiger partial charge in [-0.2, -0.15) is 5.10 Å². The van der Waals surface area contributed by atoms with Crippen LogP contribution in [0.4, 0.5) is 5.82 Å². The van der Waals surface area contributed by atoms with E-state index >= 15 is 0 Å². The first-order valence-corrected chi connectivity index (χ1v) is 8.45. The van der Waals surface area contributed by atoms with Crippen LogP contribution < -0.4 is 5.32 Å². The molecule has 0 fully saturated rings. The molecule has 5 nitrogen and oxygen atoms in total. The molecular weight excluding hydrogens is 366 g/mol. The Bertz CT molecular complexity index is 822. The summed E-state index contributed by atoms with van der Waals surface area (Å²) < 4.78 is 8.21. The molecule has 0 saturated carbocycles. The summed E-state index contributed by atoms with van der Waals surface area (Å²) in [5, 5.41) is 7.36. The van der Waals surface area contributed by atoms with Gasteiger partial charge in [0.05, 0.1) is 16.2 Å². The van der Waals surface area contributed by atoms with Gasteiger partial charge in [-0.3, -0.25) is 4.79 Å². The number of rotatable bonds is 3. The van der Waals surface area contributed by atoms with Crippen LogP contribution in [0.1, 0.15) is 28.5 Å². The molecule has 0 saturated heterocycles. The summed E-state index contributed by atoms with van der Waals surface area (Å²) in [4.78, 5) is 13.3. The van der Waals surface area contributed by atoms with E-state index in [1.807, 2.05) is 24.4 Å². The number of carbonyl (C=O) groups excluding carboxylic acids is 1. The van der Waals surface area contributed by atoms with Crippen molar-refractivity contribution in [3.8, 4) is 0 Å². The molecule has 1 N–H and O–H groups in total. The Balaban J connectivity index is 1.72. The fourth-order valence-electron chi connectivity index (χ4n) is 2.71. The molecule has 22 heavy (non-hydrogen) atoms. The van der Waals surface area contributed by atoms with Crippen LogP contribution in [0.15, 0.2) is 44.9 Å². The number of thiophene rings is 1. The van der Waals surface area contributed by atoms with Crippen LogP contribution in [0.3, 0.4) is 0 Å². The second-order valence-corrected chi connectivity index (χ2v) is 7.63. The van der Waals surface area contributed by atoms with Crippen molar-refractivity contribution < 1.29 is 9.21 Å². The van der Waals surface area contributed by atoms with Crippen molar-refractivity contribution in [2.75, 3.05) is 5.32 Å². The maximum atomic E-state index is 12.1. The molecule has 1 amide bonds. The molecule has 4 rings (SSSR count). The van der Waals surface area contributed by atoms with E-state index in [1.165, 1.54) is 4.88 Å². The van der Waals surface area contributed by atoms with Crippen molar-refractivity contribution in [3.05, 3.63) is 56.7 Å². The normalized spacial score (nSPS) is 17.3. The third-order valence-electron chi connectivity index (χ3n) is 3.71. The molecular formula is C15H12BrN3O2S. The van der Waals surface area contributed by atoms with Gasteiger partial charge in [-0.05, 0) is 40.2 Å². The van der Waals surface area contributed by atoms with E-state index < -0.39 is 0 Å². The molecule has 1 aliphatic rings. The second-order valence-electron chi connectivity index (χ2n) is 5.13. The number of nitrogens with one attached hydrogen (secondary N) is 1. The number of hydrogen-bond donors (Lipinski definition) is 1. The van der Waals surface area contributed by atoms with E-state index in [0.29, 0.717) is 13.0 Å². The summed E-state index contributed by atoms with van der Waals surface area (Å²) in [6.07, 6.45) is 3.93. The Morgan fingerprint density at radius 2 is 2.36 bits per heavy atom. The highest BCUT2D eigenvalue weighted by molar-refractivity contribution is 9.11. The lowest BCUT2D eigenvalue weighted by molar-refractivity contribution is -0.116. The van der Waals surface area contributed by atoms with E-state index in [0.717, 1.165) is 20.9 Å². The highest BCUT2D eigenvalue weighted by Crippen LogP contribution is 2.40. The van der Waals surface area contributed by atoms with Gasteiger partial charge in [0.2, 0.25) is 5.91 Å². The maximum absolute atomic E-state index is 12.1. The quantitative estimate of drug-likeness (QED) is 0.754. The minimum absolute atomic E-state index is 0.0169. The number of carbonyl (C=O) groups is 1. The minimum atomic E-state index is 0.0169. The summed E-state index contributed by atoms with van der Waals surface area (Å²) in [6.45, 7) is 0.503. The van der Waals surface area contributed by atoms with Crippen molar-refractivity contribution in [2.45, 2.75) is 18.9 Å². The van der Waals surface area contributed by atoms with Crippen molar-refractivity contribution in [1.82, 2.24) is 9.78 Å². The molecule has 0 aromatic carbocycles. The van der Waals surface area contributed by atoms with Crippen molar-refractivity contribution >= 4 is 39.0 Å².